The maximum absolute atomic E-state index is 5.54. The Kier molecular flexibility index (Phi) is 3.27. The van der Waals surface area contributed by atoms with Crippen LogP contribution in [0.25, 0.3) is 0 Å². The van der Waals surface area contributed by atoms with Gasteiger partial charge in [0.05, 0.1) is 6.10 Å². The Morgan fingerprint density at radius 1 is 1.29 bits per heavy atom. The molecule has 0 aromatic rings. The van der Waals surface area contributed by atoms with Gasteiger partial charge in [0.2, 0.25) is 0 Å². The van der Waals surface area contributed by atoms with E-state index in [0.717, 1.165) is 19.5 Å². The van der Waals surface area contributed by atoms with Crippen LogP contribution in [0.3, 0.4) is 0 Å². The summed E-state index contributed by atoms with van der Waals surface area (Å²) in [5.41, 5.74) is 0.566. The molecule has 1 unspecified atom stereocenters. The van der Waals surface area contributed by atoms with Gasteiger partial charge in [-0.05, 0) is 27.2 Å². The Hall–Kier alpha value is -0.0800. The Balaban J connectivity index is 2.67. The molecule has 0 bridgehead atoms. The zero-order chi connectivity index (χ0) is 11.0. The first-order valence-electron chi connectivity index (χ1n) is 5.55. The second-order valence-electron chi connectivity index (χ2n) is 6.09. The monoisotopic (exact) mass is 199 g/mol. The molecule has 0 aliphatic carbocycles. The third-order valence-corrected chi connectivity index (χ3v) is 3.36. The highest BCUT2D eigenvalue weighted by molar-refractivity contribution is 4.92. The van der Waals surface area contributed by atoms with E-state index >= 15 is 0 Å². The van der Waals surface area contributed by atoms with E-state index in [4.69, 9.17) is 4.74 Å². The van der Waals surface area contributed by atoms with Crippen molar-refractivity contribution in [1.82, 2.24) is 4.90 Å². The average Bonchev–Trinajstić information content (AvgIpc) is 2.00. The largest absolute Gasteiger partial charge is 0.381 e. The topological polar surface area (TPSA) is 12.5 Å². The Labute approximate surface area is 88.6 Å². The first-order chi connectivity index (χ1) is 6.27. The van der Waals surface area contributed by atoms with E-state index in [0.29, 0.717) is 6.10 Å². The van der Waals surface area contributed by atoms with Crippen LogP contribution in [0.5, 0.6) is 0 Å². The highest BCUT2D eigenvalue weighted by Crippen LogP contribution is 2.34. The quantitative estimate of drug-likeness (QED) is 0.643. The second-order valence-corrected chi connectivity index (χ2v) is 6.09. The van der Waals surface area contributed by atoms with Crippen LogP contribution in [0.15, 0.2) is 0 Å². The minimum atomic E-state index is 0.278. The van der Waals surface area contributed by atoms with Crippen molar-refractivity contribution in [3.63, 3.8) is 0 Å². The molecule has 1 saturated heterocycles. The van der Waals surface area contributed by atoms with Crippen molar-refractivity contribution in [2.75, 3.05) is 20.2 Å². The molecule has 0 spiro atoms. The van der Waals surface area contributed by atoms with Crippen molar-refractivity contribution in [3.8, 4) is 0 Å². The summed E-state index contributed by atoms with van der Waals surface area (Å²) in [6.45, 7) is 13.8. The van der Waals surface area contributed by atoms with Gasteiger partial charge in [-0.25, -0.2) is 0 Å². The summed E-state index contributed by atoms with van der Waals surface area (Å²) < 4.78 is 5.54. The summed E-state index contributed by atoms with van der Waals surface area (Å²) in [6.07, 6.45) is 1.57. The van der Waals surface area contributed by atoms with E-state index in [-0.39, 0.29) is 11.0 Å². The molecule has 2 heteroatoms. The summed E-state index contributed by atoms with van der Waals surface area (Å²) in [4.78, 5) is 2.56. The van der Waals surface area contributed by atoms with Gasteiger partial charge in [-0.15, -0.1) is 0 Å². The smallest absolute Gasteiger partial charge is 0.0646 e. The zero-order valence-electron chi connectivity index (χ0n) is 10.6. The highest BCUT2D eigenvalue weighted by atomic mass is 16.5. The number of hydrogen-bond acceptors (Lipinski definition) is 2. The molecule has 0 amide bonds. The molecule has 1 rings (SSSR count). The van der Waals surface area contributed by atoms with Gasteiger partial charge in [-0.2, -0.15) is 0 Å². The molecule has 1 fully saturated rings. The number of likely N-dealkylation sites (tertiary alicyclic amines) is 1. The molecule has 1 aliphatic rings. The van der Waals surface area contributed by atoms with Crippen LogP contribution in [-0.2, 0) is 4.74 Å². The van der Waals surface area contributed by atoms with E-state index in [9.17, 15) is 0 Å². The number of ether oxygens (including phenoxy) is 1. The van der Waals surface area contributed by atoms with Gasteiger partial charge in [0.1, 0.15) is 0 Å². The lowest BCUT2D eigenvalue weighted by molar-refractivity contribution is -0.0725. The second kappa shape index (κ2) is 3.82. The third-order valence-electron chi connectivity index (χ3n) is 3.36. The van der Waals surface area contributed by atoms with Crippen molar-refractivity contribution in [2.45, 2.75) is 52.7 Å². The minimum absolute atomic E-state index is 0.278. The average molecular weight is 199 g/mol. The summed E-state index contributed by atoms with van der Waals surface area (Å²) >= 11 is 0. The van der Waals surface area contributed by atoms with Crippen molar-refractivity contribution >= 4 is 0 Å². The summed E-state index contributed by atoms with van der Waals surface area (Å²) in [5.74, 6) is 0. The molecule has 0 radical (unpaired) electrons. The van der Waals surface area contributed by atoms with Gasteiger partial charge >= 0.3 is 0 Å². The summed E-state index contributed by atoms with van der Waals surface area (Å²) in [7, 11) is 1.83. The lowest BCUT2D eigenvalue weighted by Crippen LogP contribution is -2.55. The van der Waals surface area contributed by atoms with Crippen molar-refractivity contribution in [1.29, 1.82) is 0 Å². The maximum atomic E-state index is 5.54. The van der Waals surface area contributed by atoms with Gasteiger partial charge in [0.25, 0.3) is 0 Å². The minimum Gasteiger partial charge on any atom is -0.381 e. The van der Waals surface area contributed by atoms with Crippen molar-refractivity contribution in [2.24, 2.45) is 5.41 Å². The maximum Gasteiger partial charge on any atom is 0.0646 e. The molecule has 14 heavy (non-hydrogen) atoms. The van der Waals surface area contributed by atoms with Crippen LogP contribution in [0.4, 0.5) is 0 Å². The summed E-state index contributed by atoms with van der Waals surface area (Å²) in [5, 5.41) is 0. The van der Waals surface area contributed by atoms with E-state index in [1.165, 1.54) is 0 Å². The molecule has 0 saturated carbocycles. The molecule has 0 aromatic heterocycles. The molecule has 2 nitrogen and oxygen atoms in total. The SMILES string of the molecule is COC1CCN(C(C)(C)C)CC1(C)C. The number of nitrogens with zero attached hydrogens (tertiary/aromatic N) is 1. The van der Waals surface area contributed by atoms with Gasteiger partial charge in [0.15, 0.2) is 0 Å². The Morgan fingerprint density at radius 2 is 1.86 bits per heavy atom. The van der Waals surface area contributed by atoms with Crippen molar-refractivity contribution in [3.05, 3.63) is 0 Å². The summed E-state index contributed by atoms with van der Waals surface area (Å²) in [6, 6.07) is 0. The molecule has 1 heterocycles. The van der Waals surface area contributed by atoms with Gasteiger partial charge in [0, 0.05) is 31.2 Å². The first kappa shape index (κ1) is 12.0. The highest BCUT2D eigenvalue weighted by Gasteiger charge is 2.39. The Morgan fingerprint density at radius 3 is 2.21 bits per heavy atom. The molecule has 84 valence electrons. The number of piperidine rings is 1. The molecule has 1 aliphatic heterocycles. The molecule has 1 atom stereocenters. The van der Waals surface area contributed by atoms with Crippen LogP contribution in [0, 0.1) is 5.41 Å². The van der Waals surface area contributed by atoms with E-state index in [2.05, 4.69) is 39.5 Å². The van der Waals surface area contributed by atoms with Crippen molar-refractivity contribution < 1.29 is 4.74 Å². The molecular weight excluding hydrogens is 174 g/mol. The number of hydrogen-bond donors (Lipinski definition) is 0. The van der Waals surface area contributed by atoms with Crippen LogP contribution in [0.1, 0.15) is 41.0 Å². The van der Waals surface area contributed by atoms with Crippen LogP contribution in [-0.4, -0.2) is 36.7 Å². The molecular formula is C12H25NO. The van der Waals surface area contributed by atoms with Crippen LogP contribution in [0.2, 0.25) is 0 Å². The fourth-order valence-electron chi connectivity index (χ4n) is 2.35. The van der Waals surface area contributed by atoms with E-state index in [1.54, 1.807) is 0 Å². The normalized spacial score (nSPS) is 29.1. The molecule has 0 N–H and O–H groups in total. The predicted octanol–water partition coefficient (Wildman–Crippen LogP) is 2.53. The van der Waals surface area contributed by atoms with E-state index in [1.807, 2.05) is 7.11 Å². The lowest BCUT2D eigenvalue weighted by Gasteiger charge is -2.48. The molecule has 0 aromatic carbocycles. The standard InChI is InChI=1S/C12H25NO/c1-11(2,3)13-8-7-10(14-6)12(4,5)9-13/h10H,7-9H2,1-6H3. The fraction of sp³-hybridized carbons (Fsp3) is 1.00. The fourth-order valence-corrected chi connectivity index (χ4v) is 2.35. The van der Waals surface area contributed by atoms with Gasteiger partial charge in [-0.1, -0.05) is 13.8 Å². The first-order valence-corrected chi connectivity index (χ1v) is 5.55. The third kappa shape index (κ3) is 2.48. The number of rotatable bonds is 1. The van der Waals surface area contributed by atoms with Crippen LogP contribution >= 0.6 is 0 Å². The predicted molar refractivity (Wildman–Crippen MR) is 60.5 cm³/mol. The van der Waals surface area contributed by atoms with Gasteiger partial charge in [-0.3, -0.25) is 4.90 Å². The lowest BCUT2D eigenvalue weighted by atomic mass is 9.79. The zero-order valence-corrected chi connectivity index (χ0v) is 10.6. The van der Waals surface area contributed by atoms with Gasteiger partial charge < -0.3 is 4.74 Å². The number of methoxy groups -OCH3 is 1. The van der Waals surface area contributed by atoms with E-state index < -0.39 is 0 Å². The van der Waals surface area contributed by atoms with Crippen LogP contribution < -0.4 is 0 Å². The Bertz CT molecular complexity index is 193.